The Morgan fingerprint density at radius 2 is 1.80 bits per heavy atom. The van der Waals surface area contributed by atoms with Gasteiger partial charge in [-0.2, -0.15) is 0 Å². The Morgan fingerprint density at radius 3 is 2.56 bits per heavy atom. The number of hydrogen-bond acceptors (Lipinski definition) is 8. The summed E-state index contributed by atoms with van der Waals surface area (Å²) in [5, 5.41) is 6.54. The van der Waals surface area contributed by atoms with Crippen LogP contribution in [0.2, 0.25) is 0 Å². The smallest absolute Gasteiger partial charge is 0.265 e. The molecule has 3 aromatic heterocycles. The van der Waals surface area contributed by atoms with Gasteiger partial charge in [0, 0.05) is 48.5 Å². The second-order valence-corrected chi connectivity index (χ2v) is 11.9. The van der Waals surface area contributed by atoms with Gasteiger partial charge in [-0.05, 0) is 86.7 Å². The summed E-state index contributed by atoms with van der Waals surface area (Å²) in [5.74, 6) is 1.16. The molecule has 0 unspecified atom stereocenters. The lowest BCUT2D eigenvalue weighted by atomic mass is 9.99. The number of nitrogens with one attached hydrogen (secondary N) is 2. The summed E-state index contributed by atoms with van der Waals surface area (Å²) in [4.78, 5) is 29.2. The molecule has 2 N–H and O–H groups in total. The number of amides is 1. The first kappa shape index (κ1) is 27.2. The standard InChI is InChI=1S/C32H36N6O2S/c1-21-25(8-6-9-26(21)36-31(39)29-18-22-7-4-5-10-28(22)41-29)23-17-27(32(40-3)34-19-23)35-30-12-11-24(20-33-30)38-15-13-37(2)14-16-38/h6,8-9,11-12,17-20H,4-5,7,10,13-16H2,1-3H3,(H,33,35)(H,36,39). The second-order valence-electron chi connectivity index (χ2n) is 10.8. The largest absolute Gasteiger partial charge is 0.480 e. The number of methoxy groups -OCH3 is 1. The van der Waals surface area contributed by atoms with Crippen molar-refractivity contribution in [3.05, 3.63) is 75.7 Å². The van der Waals surface area contributed by atoms with Gasteiger partial charge >= 0.3 is 0 Å². The van der Waals surface area contributed by atoms with Crippen LogP contribution in [0.15, 0.2) is 54.9 Å². The number of piperazine rings is 1. The highest BCUT2D eigenvalue weighted by atomic mass is 32.1. The van der Waals surface area contributed by atoms with Crippen molar-refractivity contribution in [3.8, 4) is 17.0 Å². The van der Waals surface area contributed by atoms with Gasteiger partial charge in [0.05, 0.1) is 23.9 Å². The van der Waals surface area contributed by atoms with Crippen molar-refractivity contribution in [2.24, 2.45) is 0 Å². The van der Waals surface area contributed by atoms with Gasteiger partial charge in [-0.15, -0.1) is 11.3 Å². The van der Waals surface area contributed by atoms with E-state index in [-0.39, 0.29) is 5.91 Å². The molecule has 8 nitrogen and oxygen atoms in total. The number of aromatic nitrogens is 2. The zero-order valence-corrected chi connectivity index (χ0v) is 24.7. The third-order valence-electron chi connectivity index (χ3n) is 8.04. The molecule has 1 aromatic carbocycles. The predicted molar refractivity (Wildman–Crippen MR) is 167 cm³/mol. The van der Waals surface area contributed by atoms with E-state index in [0.717, 1.165) is 83.5 Å². The van der Waals surface area contributed by atoms with Crippen molar-refractivity contribution in [1.82, 2.24) is 14.9 Å². The number of rotatable bonds is 7. The topological polar surface area (TPSA) is 82.6 Å². The van der Waals surface area contributed by atoms with Gasteiger partial charge in [-0.3, -0.25) is 4.79 Å². The van der Waals surface area contributed by atoms with E-state index in [9.17, 15) is 4.79 Å². The lowest BCUT2D eigenvalue weighted by Crippen LogP contribution is -2.44. The van der Waals surface area contributed by atoms with Crippen LogP contribution in [-0.4, -0.2) is 61.1 Å². The third kappa shape index (κ3) is 5.92. The van der Waals surface area contributed by atoms with E-state index in [2.05, 4.69) is 49.6 Å². The van der Waals surface area contributed by atoms with Crippen molar-refractivity contribution in [2.75, 3.05) is 55.9 Å². The molecule has 1 fully saturated rings. The Morgan fingerprint density at radius 1 is 0.976 bits per heavy atom. The molecule has 4 heterocycles. The second kappa shape index (κ2) is 11.9. The summed E-state index contributed by atoms with van der Waals surface area (Å²) in [5.41, 5.74) is 6.87. The van der Waals surface area contributed by atoms with Gasteiger partial charge in [-0.25, -0.2) is 9.97 Å². The first-order valence-electron chi connectivity index (χ1n) is 14.2. The molecule has 212 valence electrons. The third-order valence-corrected chi connectivity index (χ3v) is 9.27. The van der Waals surface area contributed by atoms with E-state index in [4.69, 9.17) is 4.74 Å². The van der Waals surface area contributed by atoms with E-state index < -0.39 is 0 Å². The number of carbonyl (C=O) groups is 1. The number of hydrogen-bond donors (Lipinski definition) is 2. The summed E-state index contributed by atoms with van der Waals surface area (Å²) in [7, 11) is 3.77. The molecule has 4 aromatic rings. The number of thiophene rings is 1. The number of pyridine rings is 2. The van der Waals surface area contributed by atoms with Gasteiger partial charge in [0.2, 0.25) is 5.88 Å². The average molecular weight is 569 g/mol. The van der Waals surface area contributed by atoms with Crippen molar-refractivity contribution in [1.29, 1.82) is 0 Å². The van der Waals surface area contributed by atoms with Crippen LogP contribution in [0, 0.1) is 6.92 Å². The zero-order chi connectivity index (χ0) is 28.3. The molecule has 1 aliphatic carbocycles. The highest BCUT2D eigenvalue weighted by Crippen LogP contribution is 2.35. The van der Waals surface area contributed by atoms with Crippen molar-refractivity contribution >= 4 is 40.1 Å². The molecule has 0 radical (unpaired) electrons. The van der Waals surface area contributed by atoms with Crippen molar-refractivity contribution in [3.63, 3.8) is 0 Å². The number of fused-ring (bicyclic) bond motifs is 1. The maximum atomic E-state index is 13.2. The fourth-order valence-corrected chi connectivity index (χ4v) is 6.72. The Labute approximate surface area is 245 Å². The maximum absolute atomic E-state index is 13.2. The van der Waals surface area contributed by atoms with Crippen LogP contribution >= 0.6 is 11.3 Å². The minimum atomic E-state index is -0.0500. The van der Waals surface area contributed by atoms with Gasteiger partial charge in [0.1, 0.15) is 11.5 Å². The molecule has 9 heteroatoms. The van der Waals surface area contributed by atoms with Crippen LogP contribution in [-0.2, 0) is 12.8 Å². The van der Waals surface area contributed by atoms with Gasteiger partial charge < -0.3 is 25.2 Å². The van der Waals surface area contributed by atoms with Crippen molar-refractivity contribution < 1.29 is 9.53 Å². The highest BCUT2D eigenvalue weighted by Gasteiger charge is 2.19. The van der Waals surface area contributed by atoms with Crippen LogP contribution in [0.4, 0.5) is 22.9 Å². The predicted octanol–water partition coefficient (Wildman–Crippen LogP) is 6.15. The lowest BCUT2D eigenvalue weighted by Gasteiger charge is -2.33. The van der Waals surface area contributed by atoms with E-state index >= 15 is 0 Å². The first-order chi connectivity index (χ1) is 20.0. The molecule has 41 heavy (non-hydrogen) atoms. The molecule has 0 atom stereocenters. The minimum Gasteiger partial charge on any atom is -0.480 e. The molecule has 2 aliphatic rings. The average Bonchev–Trinajstić information content (AvgIpc) is 3.44. The fraction of sp³-hybridized carbons (Fsp3) is 0.344. The maximum Gasteiger partial charge on any atom is 0.265 e. The molecule has 1 amide bonds. The van der Waals surface area contributed by atoms with E-state index in [1.165, 1.54) is 23.3 Å². The number of ether oxygens (including phenoxy) is 1. The van der Waals surface area contributed by atoms with Crippen molar-refractivity contribution in [2.45, 2.75) is 32.6 Å². The molecular weight excluding hydrogens is 532 g/mol. The molecular formula is C32H36N6O2S. The number of likely N-dealkylation sites (N-methyl/N-ethyl adjacent to an activating group) is 1. The first-order valence-corrected chi connectivity index (χ1v) is 15.0. The van der Waals surface area contributed by atoms with E-state index in [0.29, 0.717) is 5.88 Å². The Hall–Kier alpha value is -3.95. The molecule has 1 aliphatic heterocycles. The molecule has 0 spiro atoms. The van der Waals surface area contributed by atoms with E-state index in [1.54, 1.807) is 24.6 Å². The van der Waals surface area contributed by atoms with Gasteiger partial charge in [-0.1, -0.05) is 12.1 Å². The Kier molecular flexibility index (Phi) is 7.89. The monoisotopic (exact) mass is 568 g/mol. The summed E-state index contributed by atoms with van der Waals surface area (Å²) >= 11 is 1.63. The lowest BCUT2D eigenvalue weighted by molar-refractivity contribution is 0.103. The Balaban J connectivity index is 1.21. The van der Waals surface area contributed by atoms with Gasteiger partial charge in [0.15, 0.2) is 0 Å². The van der Waals surface area contributed by atoms with Crippen LogP contribution in [0.1, 0.15) is 38.5 Å². The number of nitrogens with zero attached hydrogens (tertiary/aromatic N) is 4. The summed E-state index contributed by atoms with van der Waals surface area (Å²) in [6.45, 7) is 6.13. The SMILES string of the molecule is COc1ncc(-c2cccc(NC(=O)c3cc4c(s3)CCCC4)c2C)cc1Nc1ccc(N2CCN(C)CC2)cn1. The highest BCUT2D eigenvalue weighted by molar-refractivity contribution is 7.14. The molecule has 0 saturated carbocycles. The van der Waals surface area contributed by atoms with Gasteiger partial charge in [0.25, 0.3) is 5.91 Å². The number of benzene rings is 1. The fourth-order valence-electron chi connectivity index (χ4n) is 5.57. The number of anilines is 4. The quantitative estimate of drug-likeness (QED) is 0.277. The number of carbonyl (C=O) groups excluding carboxylic acids is 1. The van der Waals surface area contributed by atoms with E-state index in [1.807, 2.05) is 43.5 Å². The molecule has 1 saturated heterocycles. The summed E-state index contributed by atoms with van der Waals surface area (Å²) in [6.07, 6.45) is 8.28. The normalized spacial score (nSPS) is 15.3. The Bertz CT molecular complexity index is 1520. The van der Waals surface area contributed by atoms with Crippen LogP contribution in [0.25, 0.3) is 11.1 Å². The van der Waals surface area contributed by atoms with Crippen LogP contribution in [0.5, 0.6) is 5.88 Å². The molecule has 6 rings (SSSR count). The van der Waals surface area contributed by atoms with Crippen LogP contribution in [0.3, 0.4) is 0 Å². The zero-order valence-electron chi connectivity index (χ0n) is 23.9. The minimum absolute atomic E-state index is 0.0500. The summed E-state index contributed by atoms with van der Waals surface area (Å²) < 4.78 is 5.56. The summed E-state index contributed by atoms with van der Waals surface area (Å²) in [6, 6.07) is 14.1. The molecule has 0 bridgehead atoms. The van der Waals surface area contributed by atoms with Crippen LogP contribution < -0.4 is 20.3 Å². The number of aryl methyl sites for hydroxylation is 2.